The maximum atomic E-state index is 12.4. The first-order chi connectivity index (χ1) is 10.2. The fourth-order valence-electron chi connectivity index (χ4n) is 2.31. The normalized spacial score (nSPS) is 15.3. The van der Waals surface area contributed by atoms with Crippen LogP contribution in [0.1, 0.15) is 16.2 Å². The summed E-state index contributed by atoms with van der Waals surface area (Å²) in [6.07, 6.45) is 3.43. The van der Waals surface area contributed by atoms with E-state index >= 15 is 0 Å². The summed E-state index contributed by atoms with van der Waals surface area (Å²) in [5, 5.41) is 6.73. The molecule has 0 radical (unpaired) electrons. The minimum absolute atomic E-state index is 0.134. The van der Waals surface area contributed by atoms with Gasteiger partial charge in [0.15, 0.2) is 5.69 Å². The summed E-state index contributed by atoms with van der Waals surface area (Å²) in [7, 11) is 0. The lowest BCUT2D eigenvalue weighted by atomic mass is 10.2. The average molecular weight is 287 g/mol. The summed E-state index contributed by atoms with van der Waals surface area (Å²) in [6, 6.07) is 1.78. The van der Waals surface area contributed by atoms with E-state index in [0.717, 1.165) is 5.69 Å². The monoisotopic (exact) mass is 287 g/mol. The first-order valence-corrected chi connectivity index (χ1v) is 6.78. The molecule has 0 spiro atoms. The number of hydrogen-bond acceptors (Lipinski definition) is 6. The average Bonchev–Trinajstić information content (AvgIpc) is 2.87. The molecule has 8 nitrogen and oxygen atoms in total. The van der Waals surface area contributed by atoms with Crippen LogP contribution < -0.4 is 10.6 Å². The SMILES string of the molecule is Cc1[nH]nc(C(=O)N2CCN(c3ncccn3)CC2)c1N. The standard InChI is InChI=1S/C13H17N7O/c1-9-10(14)11(18-17-9)12(21)19-5-7-20(8-6-19)13-15-3-2-4-16-13/h2-4H,5-8,14H2,1H3,(H,17,18). The Hall–Kier alpha value is -2.64. The highest BCUT2D eigenvalue weighted by Crippen LogP contribution is 2.17. The predicted molar refractivity (Wildman–Crippen MR) is 77.9 cm³/mol. The molecule has 0 aromatic carbocycles. The van der Waals surface area contributed by atoms with Crippen LogP contribution in [0, 0.1) is 6.92 Å². The van der Waals surface area contributed by atoms with Gasteiger partial charge in [-0.05, 0) is 13.0 Å². The van der Waals surface area contributed by atoms with Gasteiger partial charge in [-0.25, -0.2) is 9.97 Å². The van der Waals surface area contributed by atoms with Gasteiger partial charge in [0.25, 0.3) is 5.91 Å². The number of rotatable bonds is 2. The van der Waals surface area contributed by atoms with Gasteiger partial charge in [0.05, 0.1) is 11.4 Å². The summed E-state index contributed by atoms with van der Waals surface area (Å²) in [5.41, 5.74) is 7.30. The second-order valence-corrected chi connectivity index (χ2v) is 4.94. The molecule has 1 aliphatic heterocycles. The van der Waals surface area contributed by atoms with E-state index < -0.39 is 0 Å². The lowest BCUT2D eigenvalue weighted by Crippen LogP contribution is -2.49. The summed E-state index contributed by atoms with van der Waals surface area (Å²) in [4.78, 5) is 24.6. The van der Waals surface area contributed by atoms with Crippen molar-refractivity contribution in [2.24, 2.45) is 0 Å². The first kappa shape index (κ1) is 13.3. The van der Waals surface area contributed by atoms with Crippen LogP contribution >= 0.6 is 0 Å². The molecule has 1 aliphatic rings. The Balaban J connectivity index is 1.66. The topological polar surface area (TPSA) is 104 Å². The molecule has 3 rings (SSSR count). The van der Waals surface area contributed by atoms with Crippen molar-refractivity contribution in [1.82, 2.24) is 25.1 Å². The van der Waals surface area contributed by atoms with Crippen molar-refractivity contribution in [3.63, 3.8) is 0 Å². The van der Waals surface area contributed by atoms with E-state index in [-0.39, 0.29) is 5.91 Å². The molecule has 0 aliphatic carbocycles. The van der Waals surface area contributed by atoms with Gasteiger partial charge in [0, 0.05) is 38.6 Å². The molecule has 0 bridgehead atoms. The number of nitrogens with one attached hydrogen (secondary N) is 1. The Bertz CT molecular complexity index is 631. The zero-order valence-corrected chi connectivity index (χ0v) is 11.8. The molecule has 8 heteroatoms. The number of nitrogens with zero attached hydrogens (tertiary/aromatic N) is 5. The number of H-pyrrole nitrogens is 1. The van der Waals surface area contributed by atoms with Gasteiger partial charge in [0.1, 0.15) is 0 Å². The number of carbonyl (C=O) groups is 1. The Morgan fingerprint density at radius 3 is 2.48 bits per heavy atom. The second kappa shape index (κ2) is 5.39. The molecule has 1 saturated heterocycles. The van der Waals surface area contributed by atoms with E-state index in [1.165, 1.54) is 0 Å². The number of amides is 1. The summed E-state index contributed by atoms with van der Waals surface area (Å²) in [6.45, 7) is 4.38. The number of hydrogen-bond donors (Lipinski definition) is 2. The van der Waals surface area contributed by atoms with Crippen molar-refractivity contribution < 1.29 is 4.79 Å². The van der Waals surface area contributed by atoms with Crippen molar-refractivity contribution in [2.75, 3.05) is 36.8 Å². The third-order valence-corrected chi connectivity index (χ3v) is 3.60. The van der Waals surface area contributed by atoms with E-state index in [2.05, 4.69) is 25.1 Å². The molecule has 110 valence electrons. The van der Waals surface area contributed by atoms with Crippen molar-refractivity contribution >= 4 is 17.5 Å². The molecular formula is C13H17N7O. The van der Waals surface area contributed by atoms with Crippen LogP contribution in [0.15, 0.2) is 18.5 Å². The number of aromatic amines is 1. The van der Waals surface area contributed by atoms with Gasteiger partial charge >= 0.3 is 0 Å². The molecule has 21 heavy (non-hydrogen) atoms. The van der Waals surface area contributed by atoms with Crippen LogP contribution in [0.4, 0.5) is 11.6 Å². The fraction of sp³-hybridized carbons (Fsp3) is 0.385. The smallest absolute Gasteiger partial charge is 0.276 e. The number of nitrogens with two attached hydrogens (primary N) is 1. The third kappa shape index (κ3) is 2.51. The molecule has 0 unspecified atom stereocenters. The zero-order chi connectivity index (χ0) is 14.8. The van der Waals surface area contributed by atoms with Gasteiger partial charge in [-0.2, -0.15) is 5.10 Å². The van der Waals surface area contributed by atoms with E-state index in [1.54, 1.807) is 30.3 Å². The van der Waals surface area contributed by atoms with Gasteiger partial charge in [-0.15, -0.1) is 0 Å². The van der Waals surface area contributed by atoms with Crippen LogP contribution in [-0.4, -0.2) is 57.2 Å². The molecule has 2 aromatic rings. The molecule has 0 saturated carbocycles. The minimum atomic E-state index is -0.134. The van der Waals surface area contributed by atoms with Crippen LogP contribution in [0.25, 0.3) is 0 Å². The van der Waals surface area contributed by atoms with E-state index in [1.807, 2.05) is 0 Å². The van der Waals surface area contributed by atoms with Gasteiger partial charge in [0.2, 0.25) is 5.95 Å². The largest absolute Gasteiger partial charge is 0.395 e. The quantitative estimate of drug-likeness (QED) is 0.809. The van der Waals surface area contributed by atoms with Crippen LogP contribution in [0.3, 0.4) is 0 Å². The molecule has 0 atom stereocenters. The molecular weight excluding hydrogens is 270 g/mol. The number of piperazine rings is 1. The van der Waals surface area contributed by atoms with E-state index in [0.29, 0.717) is 43.5 Å². The van der Waals surface area contributed by atoms with Crippen molar-refractivity contribution in [1.29, 1.82) is 0 Å². The number of carbonyl (C=O) groups excluding carboxylic acids is 1. The van der Waals surface area contributed by atoms with Crippen molar-refractivity contribution in [2.45, 2.75) is 6.92 Å². The lowest BCUT2D eigenvalue weighted by Gasteiger charge is -2.34. The fourth-order valence-corrected chi connectivity index (χ4v) is 2.31. The molecule has 3 N–H and O–H groups in total. The van der Waals surface area contributed by atoms with Crippen LogP contribution in [0.2, 0.25) is 0 Å². The molecule has 1 fully saturated rings. The maximum absolute atomic E-state index is 12.4. The number of nitrogen functional groups attached to an aromatic ring is 1. The Morgan fingerprint density at radius 1 is 1.24 bits per heavy atom. The molecule has 1 amide bonds. The van der Waals surface area contributed by atoms with Crippen LogP contribution in [0.5, 0.6) is 0 Å². The third-order valence-electron chi connectivity index (χ3n) is 3.60. The Morgan fingerprint density at radius 2 is 1.90 bits per heavy atom. The summed E-state index contributed by atoms with van der Waals surface area (Å²) >= 11 is 0. The molecule has 3 heterocycles. The lowest BCUT2D eigenvalue weighted by molar-refractivity contribution is 0.0741. The summed E-state index contributed by atoms with van der Waals surface area (Å²) < 4.78 is 0. The highest BCUT2D eigenvalue weighted by molar-refractivity contribution is 5.97. The highest BCUT2D eigenvalue weighted by Gasteiger charge is 2.26. The van der Waals surface area contributed by atoms with Crippen molar-refractivity contribution in [3.05, 3.63) is 29.8 Å². The second-order valence-electron chi connectivity index (χ2n) is 4.94. The highest BCUT2D eigenvalue weighted by atomic mass is 16.2. The number of aryl methyl sites for hydroxylation is 1. The van der Waals surface area contributed by atoms with Gasteiger partial charge in [-0.1, -0.05) is 0 Å². The predicted octanol–water partition coefficient (Wildman–Crippen LogP) is 0.0527. The Labute approximate surface area is 122 Å². The number of aromatic nitrogens is 4. The van der Waals surface area contributed by atoms with E-state index in [4.69, 9.17) is 5.73 Å². The van der Waals surface area contributed by atoms with Gasteiger partial charge in [-0.3, -0.25) is 9.89 Å². The first-order valence-electron chi connectivity index (χ1n) is 6.78. The van der Waals surface area contributed by atoms with Gasteiger partial charge < -0.3 is 15.5 Å². The van der Waals surface area contributed by atoms with Crippen molar-refractivity contribution in [3.8, 4) is 0 Å². The molecule has 2 aromatic heterocycles. The maximum Gasteiger partial charge on any atom is 0.276 e. The van der Waals surface area contributed by atoms with E-state index in [9.17, 15) is 4.79 Å². The minimum Gasteiger partial charge on any atom is -0.395 e. The summed E-state index contributed by atoms with van der Waals surface area (Å²) in [5.74, 6) is 0.560. The number of anilines is 2. The van der Waals surface area contributed by atoms with Crippen LogP contribution in [-0.2, 0) is 0 Å². The zero-order valence-electron chi connectivity index (χ0n) is 11.8. The Kier molecular flexibility index (Phi) is 3.43.